The Balaban J connectivity index is 1.62. The zero-order valence-electron chi connectivity index (χ0n) is 14.3. The fourth-order valence-electron chi connectivity index (χ4n) is 3.54. The number of para-hydroxylation sites is 2. The maximum absolute atomic E-state index is 12.9. The summed E-state index contributed by atoms with van der Waals surface area (Å²) in [6, 6.07) is 12.7. The maximum atomic E-state index is 12.9. The molecule has 0 N–H and O–H groups in total. The molecule has 1 unspecified atom stereocenters. The fraction of sp³-hybridized carbons (Fsp3) is 0.300. The summed E-state index contributed by atoms with van der Waals surface area (Å²) in [6.45, 7) is 1.23. The number of hydrogen-bond acceptors (Lipinski definition) is 4. The lowest BCUT2D eigenvalue weighted by atomic mass is 9.96. The van der Waals surface area contributed by atoms with Gasteiger partial charge in [-0.3, -0.25) is 0 Å². The van der Waals surface area contributed by atoms with E-state index in [1.54, 1.807) is 0 Å². The summed E-state index contributed by atoms with van der Waals surface area (Å²) in [5.41, 5.74) is 1.25. The largest absolute Gasteiger partial charge is 0.440 e. The van der Waals surface area contributed by atoms with Crippen LogP contribution in [0, 0.1) is 11.3 Å². The summed E-state index contributed by atoms with van der Waals surface area (Å²) in [7, 11) is 0. The zero-order valence-corrected chi connectivity index (χ0v) is 14.3. The number of hydrogen-bond donors (Lipinski definition) is 0. The van der Waals surface area contributed by atoms with Crippen LogP contribution in [0.25, 0.3) is 11.1 Å². The normalized spacial score (nSPS) is 17.9. The number of fused-ring (bicyclic) bond motifs is 1. The molecule has 4 rings (SSSR count). The van der Waals surface area contributed by atoms with E-state index < -0.39 is 11.7 Å². The van der Waals surface area contributed by atoms with Crippen LogP contribution in [0.4, 0.5) is 18.9 Å². The number of aromatic nitrogens is 1. The van der Waals surface area contributed by atoms with Gasteiger partial charge in [-0.05, 0) is 43.2 Å². The molecular formula is C20H16F3N3O. The van der Waals surface area contributed by atoms with Gasteiger partial charge in [0.2, 0.25) is 0 Å². The summed E-state index contributed by atoms with van der Waals surface area (Å²) in [5, 5.41) is 9.34. The van der Waals surface area contributed by atoms with E-state index in [9.17, 15) is 18.4 Å². The molecule has 1 fully saturated rings. The number of oxazole rings is 1. The third kappa shape index (κ3) is 3.35. The van der Waals surface area contributed by atoms with Crippen LogP contribution in [0.2, 0.25) is 0 Å². The highest BCUT2D eigenvalue weighted by Crippen LogP contribution is 2.36. The molecule has 0 bridgehead atoms. The predicted octanol–water partition coefficient (Wildman–Crippen LogP) is 5.10. The van der Waals surface area contributed by atoms with Crippen molar-refractivity contribution >= 4 is 16.8 Å². The van der Waals surface area contributed by atoms with Crippen molar-refractivity contribution in [3.8, 4) is 6.07 Å². The average molecular weight is 371 g/mol. The highest BCUT2D eigenvalue weighted by molar-refractivity contribution is 5.72. The van der Waals surface area contributed by atoms with Crippen molar-refractivity contribution in [1.82, 2.24) is 4.98 Å². The van der Waals surface area contributed by atoms with Crippen molar-refractivity contribution in [1.29, 1.82) is 5.26 Å². The number of anilines is 1. The Morgan fingerprint density at radius 3 is 2.74 bits per heavy atom. The first-order valence-electron chi connectivity index (χ1n) is 8.67. The van der Waals surface area contributed by atoms with E-state index in [2.05, 4.69) is 4.98 Å². The Hall–Kier alpha value is -3.01. The van der Waals surface area contributed by atoms with Gasteiger partial charge in [-0.2, -0.15) is 18.4 Å². The van der Waals surface area contributed by atoms with Crippen molar-refractivity contribution in [2.24, 2.45) is 0 Å². The zero-order chi connectivity index (χ0) is 19.0. The van der Waals surface area contributed by atoms with Gasteiger partial charge in [-0.15, -0.1) is 0 Å². The van der Waals surface area contributed by atoms with Crippen molar-refractivity contribution in [3.63, 3.8) is 0 Å². The molecule has 27 heavy (non-hydrogen) atoms. The van der Waals surface area contributed by atoms with Crippen LogP contribution in [0.5, 0.6) is 0 Å². The SMILES string of the molecule is N#Cc1cc(C(F)(F)F)ccc1N1CCCC(c2nc3ccccc3o2)C1. The van der Waals surface area contributed by atoms with Crippen LogP contribution in [0.3, 0.4) is 0 Å². The summed E-state index contributed by atoms with van der Waals surface area (Å²) < 4.78 is 44.6. The molecule has 7 heteroatoms. The van der Waals surface area contributed by atoms with Gasteiger partial charge in [0.05, 0.1) is 22.7 Å². The number of nitriles is 1. The predicted molar refractivity (Wildman–Crippen MR) is 94.4 cm³/mol. The molecule has 1 aliphatic heterocycles. The molecule has 0 amide bonds. The first-order valence-corrected chi connectivity index (χ1v) is 8.67. The molecule has 2 aromatic carbocycles. The number of halogens is 3. The highest BCUT2D eigenvalue weighted by Gasteiger charge is 2.32. The highest BCUT2D eigenvalue weighted by atomic mass is 19.4. The van der Waals surface area contributed by atoms with E-state index in [4.69, 9.17) is 4.42 Å². The first-order chi connectivity index (χ1) is 13.0. The lowest BCUT2D eigenvalue weighted by Crippen LogP contribution is -2.35. The maximum Gasteiger partial charge on any atom is 0.416 e. The van der Waals surface area contributed by atoms with E-state index >= 15 is 0 Å². The van der Waals surface area contributed by atoms with Crippen molar-refractivity contribution in [2.45, 2.75) is 24.9 Å². The van der Waals surface area contributed by atoms with Gasteiger partial charge >= 0.3 is 6.18 Å². The van der Waals surface area contributed by atoms with Crippen LogP contribution in [0.15, 0.2) is 46.9 Å². The number of benzene rings is 2. The second-order valence-electron chi connectivity index (χ2n) is 6.65. The van der Waals surface area contributed by atoms with Gasteiger partial charge in [0, 0.05) is 13.1 Å². The van der Waals surface area contributed by atoms with E-state index in [0.29, 0.717) is 24.7 Å². The average Bonchev–Trinajstić information content (AvgIpc) is 3.11. The molecule has 138 valence electrons. The Morgan fingerprint density at radius 1 is 1.19 bits per heavy atom. The van der Waals surface area contributed by atoms with Gasteiger partial charge in [-0.25, -0.2) is 4.98 Å². The number of alkyl halides is 3. The van der Waals surface area contributed by atoms with Gasteiger partial charge < -0.3 is 9.32 Å². The molecule has 1 atom stereocenters. The molecule has 1 saturated heterocycles. The molecular weight excluding hydrogens is 355 g/mol. The van der Waals surface area contributed by atoms with Gasteiger partial charge in [0.25, 0.3) is 0 Å². The minimum atomic E-state index is -4.47. The lowest BCUT2D eigenvalue weighted by molar-refractivity contribution is -0.137. The van der Waals surface area contributed by atoms with Crippen molar-refractivity contribution in [3.05, 3.63) is 59.5 Å². The first kappa shape index (κ1) is 17.4. The molecule has 4 nitrogen and oxygen atoms in total. The molecule has 0 spiro atoms. The Morgan fingerprint density at radius 2 is 2.00 bits per heavy atom. The van der Waals surface area contributed by atoms with Crippen molar-refractivity contribution in [2.75, 3.05) is 18.0 Å². The lowest BCUT2D eigenvalue weighted by Gasteiger charge is -2.33. The minimum Gasteiger partial charge on any atom is -0.440 e. The third-order valence-corrected chi connectivity index (χ3v) is 4.87. The summed E-state index contributed by atoms with van der Waals surface area (Å²) in [5.74, 6) is 0.659. The molecule has 2 heterocycles. The second kappa shape index (κ2) is 6.62. The van der Waals surface area contributed by atoms with E-state index in [0.717, 1.165) is 36.1 Å². The molecule has 0 aliphatic carbocycles. The topological polar surface area (TPSA) is 53.1 Å². The molecule has 1 aliphatic rings. The Labute approximate surface area is 153 Å². The number of rotatable bonds is 2. The smallest absolute Gasteiger partial charge is 0.416 e. The van der Waals surface area contributed by atoms with Crippen LogP contribution in [-0.4, -0.2) is 18.1 Å². The monoisotopic (exact) mass is 371 g/mol. The molecule has 3 aromatic rings. The third-order valence-electron chi connectivity index (χ3n) is 4.87. The van der Waals surface area contributed by atoms with Gasteiger partial charge in [-0.1, -0.05) is 12.1 Å². The number of nitrogens with zero attached hydrogens (tertiary/aromatic N) is 3. The van der Waals surface area contributed by atoms with Crippen LogP contribution in [-0.2, 0) is 6.18 Å². The van der Waals surface area contributed by atoms with Crippen molar-refractivity contribution < 1.29 is 17.6 Å². The summed E-state index contributed by atoms with van der Waals surface area (Å²) in [4.78, 5) is 6.49. The van der Waals surface area contributed by atoms with Crippen LogP contribution in [0.1, 0.15) is 35.8 Å². The van der Waals surface area contributed by atoms with Gasteiger partial charge in [0.1, 0.15) is 11.6 Å². The Bertz CT molecular complexity index is 986. The standard InChI is InChI=1S/C20H16F3N3O/c21-20(22,23)15-7-8-17(14(10-15)11-24)26-9-3-4-13(12-26)19-25-16-5-1-2-6-18(16)27-19/h1-2,5-8,10,13H,3-4,9,12H2. The van der Waals surface area contributed by atoms with Crippen LogP contribution < -0.4 is 4.90 Å². The minimum absolute atomic E-state index is 0.0278. The summed E-state index contributed by atoms with van der Waals surface area (Å²) in [6.07, 6.45) is -2.74. The summed E-state index contributed by atoms with van der Waals surface area (Å²) >= 11 is 0. The Kier molecular flexibility index (Phi) is 4.27. The van der Waals surface area contributed by atoms with E-state index in [-0.39, 0.29) is 11.5 Å². The van der Waals surface area contributed by atoms with Crippen LogP contribution >= 0.6 is 0 Å². The molecule has 0 saturated carbocycles. The van der Waals surface area contributed by atoms with E-state index in [1.807, 2.05) is 35.2 Å². The van der Waals surface area contributed by atoms with E-state index in [1.165, 1.54) is 6.07 Å². The second-order valence-corrected chi connectivity index (χ2v) is 6.65. The fourth-order valence-corrected chi connectivity index (χ4v) is 3.54. The molecule has 0 radical (unpaired) electrons. The van der Waals surface area contributed by atoms with Gasteiger partial charge in [0.15, 0.2) is 11.5 Å². The molecule has 1 aromatic heterocycles. The number of piperidine rings is 1. The quantitative estimate of drug-likeness (QED) is 0.629.